The van der Waals surface area contributed by atoms with Crippen LogP contribution in [-0.4, -0.2) is 38.9 Å². The van der Waals surface area contributed by atoms with Crippen molar-refractivity contribution in [2.24, 2.45) is 12.8 Å². The monoisotopic (exact) mass is 524 g/mol. The van der Waals surface area contributed by atoms with Crippen molar-refractivity contribution >= 4 is 40.1 Å². The third kappa shape index (κ3) is 5.59. The molecule has 0 aliphatic carbocycles. The zero-order valence-electron chi connectivity index (χ0n) is 20.1. The fourth-order valence-electron chi connectivity index (χ4n) is 3.95. The number of amides is 1. The van der Waals surface area contributed by atoms with E-state index in [0.29, 0.717) is 22.9 Å². The number of carbonyl (C=O) groups excluding carboxylic acids is 1. The minimum absolute atomic E-state index is 0.113. The van der Waals surface area contributed by atoms with Gasteiger partial charge in [0, 0.05) is 36.5 Å². The Kier molecular flexibility index (Phi) is 7.33. The predicted octanol–water partition coefficient (Wildman–Crippen LogP) is 4.01. The van der Waals surface area contributed by atoms with Crippen molar-refractivity contribution in [3.8, 4) is 0 Å². The molecular formula is C26H23F3N6O3. The van der Waals surface area contributed by atoms with Crippen LogP contribution in [0, 0.1) is 22.9 Å². The molecule has 4 rings (SSSR count). The third-order valence-corrected chi connectivity index (χ3v) is 5.89. The van der Waals surface area contributed by atoms with E-state index in [1.165, 1.54) is 24.3 Å². The first-order valence-electron chi connectivity index (χ1n) is 11.4. The van der Waals surface area contributed by atoms with Crippen LogP contribution in [0.5, 0.6) is 0 Å². The average Bonchev–Trinajstić information content (AvgIpc) is 3.17. The van der Waals surface area contributed by atoms with Gasteiger partial charge >= 0.3 is 5.97 Å². The van der Waals surface area contributed by atoms with Gasteiger partial charge in [0.25, 0.3) is 5.91 Å². The molecule has 12 heteroatoms. The van der Waals surface area contributed by atoms with Crippen LogP contribution in [0.4, 0.5) is 24.5 Å². The summed E-state index contributed by atoms with van der Waals surface area (Å²) in [5.41, 5.74) is 6.95. The summed E-state index contributed by atoms with van der Waals surface area (Å²) >= 11 is 0. The number of carbonyl (C=O) groups is 2. The lowest BCUT2D eigenvalue weighted by molar-refractivity contribution is -0.136. The Morgan fingerprint density at radius 2 is 1.74 bits per heavy atom. The molecule has 0 unspecified atom stereocenters. The van der Waals surface area contributed by atoms with Gasteiger partial charge in [0.15, 0.2) is 0 Å². The van der Waals surface area contributed by atoms with E-state index >= 15 is 0 Å². The number of hydrogen-bond donors (Lipinski definition) is 4. The number of halogens is 3. The molecule has 0 atom stereocenters. The minimum Gasteiger partial charge on any atom is -0.481 e. The van der Waals surface area contributed by atoms with Gasteiger partial charge in [-0.2, -0.15) is 0 Å². The van der Waals surface area contributed by atoms with E-state index in [4.69, 9.17) is 16.2 Å². The summed E-state index contributed by atoms with van der Waals surface area (Å²) in [6, 6.07) is 11.3. The molecule has 0 saturated heterocycles. The number of rotatable bonds is 9. The van der Waals surface area contributed by atoms with Gasteiger partial charge in [-0.25, -0.2) is 18.2 Å². The molecule has 0 spiro atoms. The number of aryl methyl sites for hydroxylation is 1. The van der Waals surface area contributed by atoms with Crippen molar-refractivity contribution in [2.45, 2.75) is 13.0 Å². The summed E-state index contributed by atoms with van der Waals surface area (Å²) in [7, 11) is 1.75. The SMILES string of the molecule is Cn1c(CNc2ccc(C(=N)N)cc2F)nc2cc(C(=O)N(CCC(=O)O)c3cc(F)cc(F)c3)ccc21. The van der Waals surface area contributed by atoms with Gasteiger partial charge in [-0.1, -0.05) is 0 Å². The van der Waals surface area contributed by atoms with E-state index in [1.54, 1.807) is 17.7 Å². The molecule has 1 aromatic heterocycles. The van der Waals surface area contributed by atoms with E-state index in [9.17, 15) is 22.8 Å². The Morgan fingerprint density at radius 3 is 2.37 bits per heavy atom. The Bertz CT molecular complexity index is 1550. The molecule has 0 radical (unpaired) electrons. The van der Waals surface area contributed by atoms with Crippen LogP contribution in [0.3, 0.4) is 0 Å². The maximum Gasteiger partial charge on any atom is 0.305 e. The first-order chi connectivity index (χ1) is 18.0. The molecule has 0 bridgehead atoms. The molecule has 1 heterocycles. The Morgan fingerprint density at radius 1 is 1.05 bits per heavy atom. The van der Waals surface area contributed by atoms with Crippen molar-refractivity contribution in [1.82, 2.24) is 9.55 Å². The zero-order valence-corrected chi connectivity index (χ0v) is 20.1. The molecule has 0 fully saturated rings. The third-order valence-electron chi connectivity index (χ3n) is 5.89. The number of aliphatic carboxylic acids is 1. The highest BCUT2D eigenvalue weighted by Crippen LogP contribution is 2.24. The van der Waals surface area contributed by atoms with Gasteiger partial charge in [0.05, 0.1) is 29.7 Å². The topological polar surface area (TPSA) is 137 Å². The fourth-order valence-corrected chi connectivity index (χ4v) is 3.95. The summed E-state index contributed by atoms with van der Waals surface area (Å²) in [4.78, 5) is 30.0. The molecule has 38 heavy (non-hydrogen) atoms. The number of anilines is 2. The minimum atomic E-state index is -1.18. The first kappa shape index (κ1) is 26.2. The van der Waals surface area contributed by atoms with Crippen LogP contribution in [0.1, 0.15) is 28.2 Å². The van der Waals surface area contributed by atoms with Gasteiger partial charge in [-0.05, 0) is 48.5 Å². The van der Waals surface area contributed by atoms with Crippen molar-refractivity contribution in [3.63, 3.8) is 0 Å². The van der Waals surface area contributed by atoms with E-state index < -0.39 is 35.7 Å². The molecule has 0 saturated carbocycles. The number of hydrogen-bond acceptors (Lipinski definition) is 5. The zero-order chi connectivity index (χ0) is 27.6. The smallest absolute Gasteiger partial charge is 0.305 e. The van der Waals surface area contributed by atoms with Crippen molar-refractivity contribution in [1.29, 1.82) is 5.41 Å². The van der Waals surface area contributed by atoms with Gasteiger partial charge in [-0.15, -0.1) is 0 Å². The second-order valence-electron chi connectivity index (χ2n) is 8.48. The van der Waals surface area contributed by atoms with Crippen LogP contribution >= 0.6 is 0 Å². The van der Waals surface area contributed by atoms with Gasteiger partial charge in [-0.3, -0.25) is 15.0 Å². The number of carboxylic acids is 1. The van der Waals surface area contributed by atoms with Crippen LogP contribution in [0.15, 0.2) is 54.6 Å². The summed E-state index contributed by atoms with van der Waals surface area (Å²) in [5.74, 6) is -3.95. The van der Waals surface area contributed by atoms with Crippen LogP contribution in [0.2, 0.25) is 0 Å². The lowest BCUT2D eigenvalue weighted by Gasteiger charge is -2.22. The molecule has 4 aromatic rings. The molecule has 0 aliphatic heterocycles. The number of amidine groups is 1. The van der Waals surface area contributed by atoms with E-state index in [-0.39, 0.29) is 41.4 Å². The number of benzene rings is 3. The van der Waals surface area contributed by atoms with Gasteiger partial charge in [0.1, 0.15) is 29.1 Å². The largest absolute Gasteiger partial charge is 0.481 e. The number of aromatic nitrogens is 2. The second kappa shape index (κ2) is 10.6. The van der Waals surface area contributed by atoms with E-state index in [2.05, 4.69) is 10.3 Å². The summed E-state index contributed by atoms with van der Waals surface area (Å²) in [6.07, 6.45) is -0.435. The Hall–Kier alpha value is -4.87. The van der Waals surface area contributed by atoms with Crippen molar-refractivity contribution < 1.29 is 27.9 Å². The Labute approximate surface area is 214 Å². The fraction of sp³-hybridized carbons (Fsp3) is 0.154. The summed E-state index contributed by atoms with van der Waals surface area (Å²) < 4.78 is 43.8. The number of nitrogens with one attached hydrogen (secondary N) is 2. The number of carboxylic acid groups (broad SMARTS) is 1. The molecule has 1 amide bonds. The number of nitrogens with zero attached hydrogens (tertiary/aromatic N) is 3. The van der Waals surface area contributed by atoms with Gasteiger partial charge in [0.2, 0.25) is 0 Å². The van der Waals surface area contributed by atoms with E-state index in [1.807, 2.05) is 0 Å². The van der Waals surface area contributed by atoms with Crippen molar-refractivity contribution in [3.05, 3.63) is 89.0 Å². The first-order valence-corrected chi connectivity index (χ1v) is 11.4. The van der Waals surface area contributed by atoms with Gasteiger partial charge < -0.3 is 25.6 Å². The number of nitrogens with two attached hydrogens (primary N) is 1. The quantitative estimate of drug-likeness (QED) is 0.193. The highest BCUT2D eigenvalue weighted by Gasteiger charge is 2.21. The lowest BCUT2D eigenvalue weighted by atomic mass is 10.1. The van der Waals surface area contributed by atoms with Crippen LogP contribution < -0.4 is 16.0 Å². The molecule has 5 N–H and O–H groups in total. The predicted molar refractivity (Wildman–Crippen MR) is 136 cm³/mol. The normalized spacial score (nSPS) is 10.9. The number of nitrogen functional groups attached to an aromatic ring is 1. The molecule has 9 nitrogen and oxygen atoms in total. The van der Waals surface area contributed by atoms with Crippen LogP contribution in [-0.2, 0) is 18.4 Å². The lowest BCUT2D eigenvalue weighted by Crippen LogP contribution is -2.33. The standard InChI is InChI=1S/C26H23F3N6O3/c1-34-22-5-3-15(26(38)35(7-6-24(36)37)18-11-16(27)10-17(28)12-18)9-21(22)33-23(34)13-32-20-4-2-14(25(30)31)8-19(20)29/h2-5,8-12,32H,6-7,13H2,1H3,(H3,30,31)(H,36,37). The van der Waals surface area contributed by atoms with E-state index in [0.717, 1.165) is 23.1 Å². The van der Waals surface area contributed by atoms with Crippen molar-refractivity contribution in [2.75, 3.05) is 16.8 Å². The average molecular weight is 525 g/mol. The molecule has 0 aliphatic rings. The molecular weight excluding hydrogens is 501 g/mol. The Balaban J connectivity index is 1.60. The second-order valence-corrected chi connectivity index (χ2v) is 8.48. The summed E-state index contributed by atoms with van der Waals surface area (Å²) in [6.45, 7) is -0.168. The van der Waals surface area contributed by atoms with Crippen LogP contribution in [0.25, 0.3) is 11.0 Å². The maximum absolute atomic E-state index is 14.4. The molecule has 3 aromatic carbocycles. The number of fused-ring (bicyclic) bond motifs is 1. The number of imidazole rings is 1. The summed E-state index contributed by atoms with van der Waals surface area (Å²) in [5, 5.41) is 19.4. The molecule has 196 valence electrons. The highest BCUT2D eigenvalue weighted by molar-refractivity contribution is 6.07. The highest BCUT2D eigenvalue weighted by atomic mass is 19.1. The maximum atomic E-state index is 14.4.